The lowest BCUT2D eigenvalue weighted by Gasteiger charge is -2.37. The van der Waals surface area contributed by atoms with Crippen molar-refractivity contribution < 1.29 is 9.59 Å². The van der Waals surface area contributed by atoms with Crippen molar-refractivity contribution in [2.75, 3.05) is 0 Å². The zero-order chi connectivity index (χ0) is 14.0. The van der Waals surface area contributed by atoms with Crippen LogP contribution in [0.15, 0.2) is 18.5 Å². The number of carbonyl (C=O) groups is 2. The van der Waals surface area contributed by atoms with Gasteiger partial charge in [-0.2, -0.15) is 0 Å². The number of hydrogen-bond acceptors (Lipinski definition) is 3. The zero-order valence-corrected chi connectivity index (χ0v) is 11.6. The molecule has 1 aromatic rings. The molecule has 0 saturated carbocycles. The van der Waals surface area contributed by atoms with E-state index in [1.54, 1.807) is 24.1 Å². The molecule has 2 rings (SSSR count). The van der Waals surface area contributed by atoms with Crippen LogP contribution in [0.2, 0.25) is 5.02 Å². The lowest BCUT2D eigenvalue weighted by Crippen LogP contribution is -2.61. The Balaban J connectivity index is 2.27. The fourth-order valence-corrected chi connectivity index (χ4v) is 2.40. The van der Waals surface area contributed by atoms with Crippen LogP contribution in [0.1, 0.15) is 25.8 Å². The Morgan fingerprint density at radius 3 is 2.84 bits per heavy atom. The van der Waals surface area contributed by atoms with Crippen LogP contribution in [0, 0.1) is 0 Å². The van der Waals surface area contributed by atoms with Gasteiger partial charge in [0.2, 0.25) is 11.8 Å². The van der Waals surface area contributed by atoms with Gasteiger partial charge in [0.1, 0.15) is 12.1 Å². The highest BCUT2D eigenvalue weighted by atomic mass is 35.5. The molecule has 1 saturated heterocycles. The molecule has 1 aromatic heterocycles. The second kappa shape index (κ2) is 5.57. The third-order valence-electron chi connectivity index (χ3n) is 3.27. The third-order valence-corrected chi connectivity index (χ3v) is 3.62. The van der Waals surface area contributed by atoms with Gasteiger partial charge in [-0.25, -0.2) is 0 Å². The number of rotatable bonds is 3. The number of nitrogens with one attached hydrogen (secondary N) is 1. The van der Waals surface area contributed by atoms with Crippen LogP contribution < -0.4 is 5.32 Å². The lowest BCUT2D eigenvalue weighted by atomic mass is 10.0. The Labute approximate surface area is 117 Å². The van der Waals surface area contributed by atoms with E-state index in [1.807, 2.05) is 6.92 Å². The smallest absolute Gasteiger partial charge is 0.245 e. The molecule has 0 aromatic carbocycles. The minimum Gasteiger partial charge on any atom is -0.343 e. The molecule has 0 radical (unpaired) electrons. The minimum atomic E-state index is -0.490. The molecule has 0 aliphatic carbocycles. The van der Waals surface area contributed by atoms with Gasteiger partial charge in [0.15, 0.2) is 0 Å². The van der Waals surface area contributed by atoms with Crippen LogP contribution in [-0.4, -0.2) is 33.8 Å². The molecule has 0 spiro atoms. The first-order valence-electron chi connectivity index (χ1n) is 6.23. The van der Waals surface area contributed by atoms with Crippen LogP contribution >= 0.6 is 11.6 Å². The molecular weight excluding hydrogens is 266 g/mol. The van der Waals surface area contributed by atoms with Crippen molar-refractivity contribution >= 4 is 23.4 Å². The van der Waals surface area contributed by atoms with Gasteiger partial charge in [-0.3, -0.25) is 14.6 Å². The number of nitrogens with zero attached hydrogens (tertiary/aromatic N) is 2. The average molecular weight is 282 g/mol. The van der Waals surface area contributed by atoms with Crippen molar-refractivity contribution in [3.05, 3.63) is 29.0 Å². The molecule has 1 aliphatic rings. The van der Waals surface area contributed by atoms with E-state index in [9.17, 15) is 9.59 Å². The Morgan fingerprint density at radius 2 is 2.21 bits per heavy atom. The molecule has 19 heavy (non-hydrogen) atoms. The number of hydrogen-bond donors (Lipinski definition) is 1. The highest BCUT2D eigenvalue weighted by molar-refractivity contribution is 6.31. The summed E-state index contributed by atoms with van der Waals surface area (Å²) in [5.41, 5.74) is 0.797. The zero-order valence-electron chi connectivity index (χ0n) is 10.9. The second-order valence-electron chi connectivity index (χ2n) is 4.59. The maximum atomic E-state index is 12.2. The maximum absolute atomic E-state index is 12.2. The monoisotopic (exact) mass is 281 g/mol. The summed E-state index contributed by atoms with van der Waals surface area (Å²) in [5.74, 6) is -0.195. The first-order chi connectivity index (χ1) is 9.04. The fourth-order valence-electron chi connectivity index (χ4n) is 2.22. The third kappa shape index (κ3) is 2.71. The van der Waals surface area contributed by atoms with E-state index in [2.05, 4.69) is 10.3 Å². The summed E-state index contributed by atoms with van der Waals surface area (Å²) in [6.07, 6.45) is 3.74. The summed E-state index contributed by atoms with van der Waals surface area (Å²) in [4.78, 5) is 29.6. The predicted molar refractivity (Wildman–Crippen MR) is 71.5 cm³/mol. The minimum absolute atomic E-state index is 0.0840. The summed E-state index contributed by atoms with van der Waals surface area (Å²) in [7, 11) is 0. The molecule has 0 bridgehead atoms. The molecule has 1 fully saturated rings. The number of carbonyl (C=O) groups excluding carboxylic acids is 2. The van der Waals surface area contributed by atoms with Crippen molar-refractivity contribution in [2.24, 2.45) is 0 Å². The van der Waals surface area contributed by atoms with Crippen LogP contribution in [0.3, 0.4) is 0 Å². The van der Waals surface area contributed by atoms with Crippen molar-refractivity contribution in [3.63, 3.8) is 0 Å². The number of pyridine rings is 1. The normalized spacial score (nSPS) is 23.4. The first kappa shape index (κ1) is 13.8. The Hall–Kier alpha value is -1.62. The summed E-state index contributed by atoms with van der Waals surface area (Å²) < 4.78 is 0. The molecule has 1 aliphatic heterocycles. The van der Waals surface area contributed by atoms with Crippen molar-refractivity contribution in [3.8, 4) is 0 Å². The van der Waals surface area contributed by atoms with Crippen molar-refractivity contribution in [1.29, 1.82) is 0 Å². The molecule has 2 unspecified atom stereocenters. The SMILES string of the molecule is CCC1C(=O)NC(C)C(=O)N1Cc1ccncc1Cl. The van der Waals surface area contributed by atoms with E-state index in [0.717, 1.165) is 5.56 Å². The number of aromatic nitrogens is 1. The summed E-state index contributed by atoms with van der Waals surface area (Å²) in [6.45, 7) is 3.90. The largest absolute Gasteiger partial charge is 0.343 e. The van der Waals surface area contributed by atoms with Gasteiger partial charge >= 0.3 is 0 Å². The van der Waals surface area contributed by atoms with Crippen molar-refractivity contribution in [2.45, 2.75) is 38.9 Å². The van der Waals surface area contributed by atoms with Gasteiger partial charge in [-0.05, 0) is 25.0 Å². The standard InChI is InChI=1S/C13H16ClN3O2/c1-3-11-12(18)16-8(2)13(19)17(11)7-9-4-5-15-6-10(9)14/h4-6,8,11H,3,7H2,1-2H3,(H,16,18). The van der Waals surface area contributed by atoms with Crippen LogP contribution in [-0.2, 0) is 16.1 Å². The lowest BCUT2D eigenvalue weighted by molar-refractivity contribution is -0.149. The molecule has 2 amide bonds. The van der Waals surface area contributed by atoms with E-state index < -0.39 is 12.1 Å². The number of halogens is 1. The Bertz CT molecular complexity index is 506. The average Bonchev–Trinajstić information content (AvgIpc) is 2.38. The Morgan fingerprint density at radius 1 is 1.47 bits per heavy atom. The van der Waals surface area contributed by atoms with E-state index in [-0.39, 0.29) is 11.8 Å². The molecule has 102 valence electrons. The molecule has 6 heteroatoms. The second-order valence-corrected chi connectivity index (χ2v) is 4.99. The number of piperazine rings is 1. The van der Waals surface area contributed by atoms with E-state index in [0.29, 0.717) is 18.0 Å². The van der Waals surface area contributed by atoms with Gasteiger partial charge in [0, 0.05) is 18.9 Å². The van der Waals surface area contributed by atoms with Gasteiger partial charge in [-0.15, -0.1) is 0 Å². The fraction of sp³-hybridized carbons (Fsp3) is 0.462. The van der Waals surface area contributed by atoms with E-state index >= 15 is 0 Å². The van der Waals surface area contributed by atoms with Crippen LogP contribution in [0.5, 0.6) is 0 Å². The van der Waals surface area contributed by atoms with Gasteiger partial charge in [0.05, 0.1) is 5.02 Å². The van der Waals surface area contributed by atoms with Gasteiger partial charge < -0.3 is 10.2 Å². The summed E-state index contributed by atoms with van der Waals surface area (Å²) in [6, 6.07) is 0.836. The van der Waals surface area contributed by atoms with Gasteiger partial charge in [-0.1, -0.05) is 18.5 Å². The molecule has 5 nitrogen and oxygen atoms in total. The quantitative estimate of drug-likeness (QED) is 0.910. The predicted octanol–water partition coefficient (Wildman–Crippen LogP) is 1.36. The molecule has 2 atom stereocenters. The molecule has 1 N–H and O–H groups in total. The van der Waals surface area contributed by atoms with E-state index in [4.69, 9.17) is 11.6 Å². The highest BCUT2D eigenvalue weighted by Crippen LogP contribution is 2.21. The Kier molecular flexibility index (Phi) is 4.04. The summed E-state index contributed by atoms with van der Waals surface area (Å²) in [5, 5.41) is 3.19. The van der Waals surface area contributed by atoms with E-state index in [1.165, 1.54) is 6.20 Å². The maximum Gasteiger partial charge on any atom is 0.245 e. The number of amides is 2. The van der Waals surface area contributed by atoms with Crippen molar-refractivity contribution in [1.82, 2.24) is 15.2 Å². The van der Waals surface area contributed by atoms with Crippen LogP contribution in [0.4, 0.5) is 0 Å². The molecular formula is C13H16ClN3O2. The first-order valence-corrected chi connectivity index (χ1v) is 6.61. The molecule has 2 heterocycles. The topological polar surface area (TPSA) is 62.3 Å². The van der Waals surface area contributed by atoms with Crippen LogP contribution in [0.25, 0.3) is 0 Å². The van der Waals surface area contributed by atoms with Gasteiger partial charge in [0.25, 0.3) is 0 Å². The summed E-state index contributed by atoms with van der Waals surface area (Å²) >= 11 is 6.05. The highest BCUT2D eigenvalue weighted by Gasteiger charge is 2.37.